The minimum atomic E-state index is 0.00417. The Morgan fingerprint density at radius 2 is 2.22 bits per heavy atom. The van der Waals surface area contributed by atoms with E-state index in [1.165, 1.54) is 4.88 Å². The standard InChI is InChI=1S/C14H21NO2S/c1-11(2)15(9-4-10-16)14(17)8-7-13-6-5-12(3)18-13/h5-8,11,16H,4,9-10H2,1-3H3/b8-7+. The SMILES string of the molecule is Cc1ccc(/C=C/C(=O)N(CCCO)C(C)C)s1. The normalized spacial score (nSPS) is 11.4. The van der Waals surface area contributed by atoms with Crippen LogP contribution in [0.2, 0.25) is 0 Å². The number of rotatable bonds is 6. The number of aliphatic hydroxyl groups excluding tert-OH is 1. The molecule has 4 heteroatoms. The number of carbonyl (C=O) groups is 1. The Morgan fingerprint density at radius 3 is 2.72 bits per heavy atom. The summed E-state index contributed by atoms with van der Waals surface area (Å²) in [7, 11) is 0. The first-order valence-corrected chi connectivity index (χ1v) is 7.02. The minimum Gasteiger partial charge on any atom is -0.396 e. The van der Waals surface area contributed by atoms with Crippen LogP contribution >= 0.6 is 11.3 Å². The highest BCUT2D eigenvalue weighted by Gasteiger charge is 2.13. The highest BCUT2D eigenvalue weighted by Crippen LogP contribution is 2.16. The molecule has 3 nitrogen and oxygen atoms in total. The lowest BCUT2D eigenvalue weighted by molar-refractivity contribution is -0.127. The zero-order valence-corrected chi connectivity index (χ0v) is 12.0. The van der Waals surface area contributed by atoms with Crippen molar-refractivity contribution in [3.8, 4) is 0 Å². The van der Waals surface area contributed by atoms with Crippen LogP contribution in [0.5, 0.6) is 0 Å². The fourth-order valence-electron chi connectivity index (χ4n) is 1.66. The predicted molar refractivity (Wildman–Crippen MR) is 76.6 cm³/mol. The first kappa shape index (κ1) is 14.9. The second-order valence-corrected chi connectivity index (χ2v) is 5.80. The maximum absolute atomic E-state index is 12.0. The zero-order valence-electron chi connectivity index (χ0n) is 11.2. The number of hydrogen-bond donors (Lipinski definition) is 1. The van der Waals surface area contributed by atoms with Gasteiger partial charge in [0.25, 0.3) is 0 Å². The van der Waals surface area contributed by atoms with E-state index in [1.54, 1.807) is 22.3 Å². The number of thiophene rings is 1. The summed E-state index contributed by atoms with van der Waals surface area (Å²) in [5.41, 5.74) is 0. The summed E-state index contributed by atoms with van der Waals surface area (Å²) in [6.45, 7) is 6.73. The Labute approximate surface area is 113 Å². The molecule has 1 rings (SSSR count). The van der Waals surface area contributed by atoms with Crippen LogP contribution in [0, 0.1) is 6.92 Å². The van der Waals surface area contributed by atoms with Crippen LogP contribution in [0.3, 0.4) is 0 Å². The molecule has 1 heterocycles. The summed E-state index contributed by atoms with van der Waals surface area (Å²) in [6.07, 6.45) is 4.09. The van der Waals surface area contributed by atoms with Gasteiger partial charge < -0.3 is 10.0 Å². The van der Waals surface area contributed by atoms with E-state index in [9.17, 15) is 4.79 Å². The van der Waals surface area contributed by atoms with Crippen LogP contribution in [0.4, 0.5) is 0 Å². The summed E-state index contributed by atoms with van der Waals surface area (Å²) in [6, 6.07) is 4.21. The van der Waals surface area contributed by atoms with E-state index in [0.29, 0.717) is 13.0 Å². The highest BCUT2D eigenvalue weighted by molar-refractivity contribution is 7.12. The number of aryl methyl sites for hydroxylation is 1. The van der Waals surface area contributed by atoms with Gasteiger partial charge in [-0.2, -0.15) is 0 Å². The molecule has 0 aliphatic carbocycles. The van der Waals surface area contributed by atoms with Crippen molar-refractivity contribution in [2.45, 2.75) is 33.2 Å². The molecule has 0 bridgehead atoms. The molecule has 1 N–H and O–H groups in total. The molecule has 1 aromatic heterocycles. The van der Waals surface area contributed by atoms with Crippen LogP contribution in [-0.2, 0) is 4.79 Å². The monoisotopic (exact) mass is 267 g/mol. The molecule has 0 aliphatic heterocycles. The molecule has 0 fully saturated rings. The summed E-state index contributed by atoms with van der Waals surface area (Å²) in [5, 5.41) is 8.84. The van der Waals surface area contributed by atoms with Crippen LogP contribution in [0.1, 0.15) is 30.0 Å². The van der Waals surface area contributed by atoms with Gasteiger partial charge in [0.05, 0.1) is 0 Å². The smallest absolute Gasteiger partial charge is 0.246 e. The summed E-state index contributed by atoms with van der Waals surface area (Å²) >= 11 is 1.67. The fourth-order valence-corrected chi connectivity index (χ4v) is 2.44. The molecular weight excluding hydrogens is 246 g/mol. The molecule has 0 unspecified atom stereocenters. The number of hydrogen-bond acceptors (Lipinski definition) is 3. The van der Waals surface area contributed by atoms with Gasteiger partial charge in [0, 0.05) is 35.0 Å². The number of carbonyl (C=O) groups excluding carboxylic acids is 1. The van der Waals surface area contributed by atoms with E-state index in [2.05, 4.69) is 0 Å². The van der Waals surface area contributed by atoms with E-state index in [4.69, 9.17) is 5.11 Å². The molecule has 0 aliphatic rings. The van der Waals surface area contributed by atoms with Gasteiger partial charge in [-0.3, -0.25) is 4.79 Å². The van der Waals surface area contributed by atoms with Gasteiger partial charge in [0.2, 0.25) is 5.91 Å². The third-order valence-corrected chi connectivity index (χ3v) is 3.58. The Balaban J connectivity index is 2.63. The molecule has 0 radical (unpaired) electrons. The van der Waals surface area contributed by atoms with E-state index in [-0.39, 0.29) is 18.6 Å². The average Bonchev–Trinajstić information content (AvgIpc) is 2.72. The van der Waals surface area contributed by atoms with Crippen LogP contribution in [-0.4, -0.2) is 35.1 Å². The highest BCUT2D eigenvalue weighted by atomic mass is 32.1. The van der Waals surface area contributed by atoms with Gasteiger partial charge in [-0.15, -0.1) is 11.3 Å². The summed E-state index contributed by atoms with van der Waals surface area (Å²) in [5.74, 6) is 0.00417. The average molecular weight is 267 g/mol. The lowest BCUT2D eigenvalue weighted by Gasteiger charge is -2.25. The summed E-state index contributed by atoms with van der Waals surface area (Å²) in [4.78, 5) is 16.1. The zero-order chi connectivity index (χ0) is 13.5. The molecule has 0 aromatic carbocycles. The lowest BCUT2D eigenvalue weighted by atomic mass is 10.2. The first-order chi connectivity index (χ1) is 8.54. The minimum absolute atomic E-state index is 0.00417. The Bertz CT molecular complexity index is 410. The molecule has 1 amide bonds. The van der Waals surface area contributed by atoms with Crippen molar-refractivity contribution < 1.29 is 9.90 Å². The number of nitrogens with zero attached hydrogens (tertiary/aromatic N) is 1. The van der Waals surface area contributed by atoms with Crippen molar-refractivity contribution in [2.24, 2.45) is 0 Å². The van der Waals surface area contributed by atoms with Crippen LogP contribution in [0.15, 0.2) is 18.2 Å². The maximum Gasteiger partial charge on any atom is 0.246 e. The van der Waals surface area contributed by atoms with Gasteiger partial charge in [0.15, 0.2) is 0 Å². The third-order valence-electron chi connectivity index (χ3n) is 2.61. The van der Waals surface area contributed by atoms with Crippen molar-refractivity contribution in [2.75, 3.05) is 13.2 Å². The van der Waals surface area contributed by atoms with E-state index >= 15 is 0 Å². The first-order valence-electron chi connectivity index (χ1n) is 6.20. The van der Waals surface area contributed by atoms with Crippen molar-refractivity contribution in [1.82, 2.24) is 4.90 Å². The predicted octanol–water partition coefficient (Wildman–Crippen LogP) is 2.69. The van der Waals surface area contributed by atoms with Gasteiger partial charge in [-0.25, -0.2) is 0 Å². The Kier molecular flexibility index (Phi) is 6.09. The van der Waals surface area contributed by atoms with Crippen molar-refractivity contribution in [3.05, 3.63) is 28.0 Å². The fraction of sp³-hybridized carbons (Fsp3) is 0.500. The van der Waals surface area contributed by atoms with Crippen molar-refractivity contribution >= 4 is 23.3 Å². The molecule has 0 saturated heterocycles. The van der Waals surface area contributed by atoms with Crippen molar-refractivity contribution in [1.29, 1.82) is 0 Å². The summed E-state index contributed by atoms with van der Waals surface area (Å²) < 4.78 is 0. The van der Waals surface area contributed by atoms with Gasteiger partial charge in [-0.1, -0.05) is 0 Å². The molecule has 1 aromatic rings. The second-order valence-electron chi connectivity index (χ2n) is 4.48. The molecule has 0 atom stereocenters. The molecule has 100 valence electrons. The lowest BCUT2D eigenvalue weighted by Crippen LogP contribution is -2.36. The van der Waals surface area contributed by atoms with E-state index < -0.39 is 0 Å². The van der Waals surface area contributed by atoms with Gasteiger partial charge in [0.1, 0.15) is 0 Å². The van der Waals surface area contributed by atoms with Crippen LogP contribution < -0.4 is 0 Å². The second kappa shape index (κ2) is 7.34. The van der Waals surface area contributed by atoms with E-state index in [0.717, 1.165) is 4.88 Å². The van der Waals surface area contributed by atoms with E-state index in [1.807, 2.05) is 39.0 Å². The van der Waals surface area contributed by atoms with Crippen LogP contribution in [0.25, 0.3) is 6.08 Å². The Hall–Kier alpha value is -1.13. The third kappa shape index (κ3) is 4.63. The van der Waals surface area contributed by atoms with Gasteiger partial charge >= 0.3 is 0 Å². The molecule has 18 heavy (non-hydrogen) atoms. The molecule has 0 spiro atoms. The Morgan fingerprint density at radius 1 is 1.50 bits per heavy atom. The molecular formula is C14H21NO2S. The quantitative estimate of drug-likeness (QED) is 0.805. The largest absolute Gasteiger partial charge is 0.396 e. The van der Waals surface area contributed by atoms with Crippen molar-refractivity contribution in [3.63, 3.8) is 0 Å². The van der Waals surface area contributed by atoms with Gasteiger partial charge in [-0.05, 0) is 45.4 Å². The topological polar surface area (TPSA) is 40.5 Å². The maximum atomic E-state index is 12.0. The molecule has 0 saturated carbocycles. The number of amides is 1. The number of aliphatic hydroxyl groups is 1.